The zero-order chi connectivity index (χ0) is 38.0. The van der Waals surface area contributed by atoms with E-state index < -0.39 is 29.9 Å². The van der Waals surface area contributed by atoms with Gasteiger partial charge in [-0.25, -0.2) is 4.79 Å². The average Bonchev–Trinajstić information content (AvgIpc) is 3.02. The summed E-state index contributed by atoms with van der Waals surface area (Å²) < 4.78 is 106. The number of halogens is 9. The minimum Gasteiger partial charge on any atom is -0.477 e. The lowest BCUT2D eigenvalue weighted by Crippen LogP contribution is -2.63. The highest BCUT2D eigenvalue weighted by atomic mass is 31.0. The summed E-state index contributed by atoms with van der Waals surface area (Å²) in [5, 5.41) is 8.00. The van der Waals surface area contributed by atoms with Crippen molar-refractivity contribution < 1.29 is 49.4 Å². The Morgan fingerprint density at radius 3 is 1.08 bits per heavy atom. The summed E-state index contributed by atoms with van der Waals surface area (Å²) in [7, 11) is 3.49. The van der Waals surface area contributed by atoms with Crippen LogP contribution in [-0.4, -0.2) is 40.2 Å². The molecule has 0 saturated carbocycles. The Hall–Kier alpha value is -0.730. The van der Waals surface area contributed by atoms with Crippen LogP contribution >= 0.6 is 9.24 Å². The van der Waals surface area contributed by atoms with Crippen LogP contribution < -0.4 is 0 Å². The van der Waals surface area contributed by atoms with Gasteiger partial charge in [0.25, 0.3) is 0 Å². The van der Waals surface area contributed by atoms with E-state index in [1.807, 2.05) is 0 Å². The molecule has 0 aliphatic heterocycles. The number of alkyl halides is 9. The SMILES string of the molecule is CCCCCCCCCCCCC(CCCCCC)C(P)(CCCCCC)CCCCCC.O=C(O)C(F)(F)C(F)(F)C(F)(F)C(F)(F)F. The molecule has 1 N–H and O–H groups in total. The average molecular weight is 747 g/mol. The van der Waals surface area contributed by atoms with Gasteiger partial charge < -0.3 is 5.11 Å². The first-order chi connectivity index (χ1) is 22.8. The van der Waals surface area contributed by atoms with E-state index in [0.717, 1.165) is 5.92 Å². The second kappa shape index (κ2) is 27.0. The fourth-order valence-corrected chi connectivity index (χ4v) is 6.96. The van der Waals surface area contributed by atoms with E-state index in [2.05, 4.69) is 36.9 Å². The molecule has 0 fully saturated rings. The number of unbranched alkanes of at least 4 members (excludes halogenated alkanes) is 18. The summed E-state index contributed by atoms with van der Waals surface area (Å²) in [6.07, 6.45) is 30.6. The lowest BCUT2D eigenvalue weighted by Gasteiger charge is -2.39. The predicted molar refractivity (Wildman–Crippen MR) is 187 cm³/mol. The highest BCUT2D eigenvalue weighted by Crippen LogP contribution is 2.53. The van der Waals surface area contributed by atoms with Gasteiger partial charge >= 0.3 is 29.9 Å². The van der Waals surface area contributed by atoms with Gasteiger partial charge in [-0.3, -0.25) is 0 Å². The molecule has 2 unspecified atom stereocenters. The topological polar surface area (TPSA) is 37.3 Å². The quantitative estimate of drug-likeness (QED) is 0.0451. The van der Waals surface area contributed by atoms with E-state index in [-0.39, 0.29) is 0 Å². The number of aliphatic carboxylic acids is 1. The molecule has 0 aliphatic carbocycles. The van der Waals surface area contributed by atoms with Crippen LogP contribution in [-0.2, 0) is 4.79 Å². The maximum absolute atomic E-state index is 12.1. The predicted octanol–water partition coefficient (Wildman–Crippen LogP) is 15.0. The minimum absolute atomic E-state index is 0.521. The largest absolute Gasteiger partial charge is 0.477 e. The Morgan fingerprint density at radius 2 is 0.776 bits per heavy atom. The van der Waals surface area contributed by atoms with Gasteiger partial charge in [-0.2, -0.15) is 39.5 Å². The van der Waals surface area contributed by atoms with E-state index >= 15 is 0 Å². The van der Waals surface area contributed by atoms with Crippen LogP contribution in [0.2, 0.25) is 0 Å². The summed E-state index contributed by atoms with van der Waals surface area (Å²) >= 11 is 0. The zero-order valence-electron chi connectivity index (χ0n) is 30.8. The normalized spacial score (nSPS) is 13.7. The van der Waals surface area contributed by atoms with Gasteiger partial charge in [0, 0.05) is 0 Å². The zero-order valence-corrected chi connectivity index (χ0v) is 32.0. The molecule has 0 rings (SSSR count). The van der Waals surface area contributed by atoms with Crippen molar-refractivity contribution in [3.63, 3.8) is 0 Å². The summed E-state index contributed by atoms with van der Waals surface area (Å²) in [6.45, 7) is 9.36. The molecule has 0 amide bonds. The smallest absolute Gasteiger partial charge is 0.460 e. The van der Waals surface area contributed by atoms with Crippen molar-refractivity contribution in [2.45, 2.75) is 224 Å². The molecule has 0 heterocycles. The van der Waals surface area contributed by atoms with E-state index in [1.165, 1.54) is 167 Å². The second-order valence-electron chi connectivity index (χ2n) is 13.9. The summed E-state index contributed by atoms with van der Waals surface area (Å²) in [5.74, 6) is -23.7. The Labute approximate surface area is 294 Å². The van der Waals surface area contributed by atoms with Crippen molar-refractivity contribution in [1.82, 2.24) is 0 Å². The molecule has 0 aromatic rings. The number of hydrogen-bond donors (Lipinski definition) is 1. The molecule has 296 valence electrons. The highest BCUT2D eigenvalue weighted by Gasteiger charge is 2.84. The first-order valence-electron chi connectivity index (χ1n) is 19.1. The van der Waals surface area contributed by atoms with Crippen molar-refractivity contribution in [3.8, 4) is 0 Å². The van der Waals surface area contributed by atoms with Gasteiger partial charge in [0.15, 0.2) is 0 Å². The van der Waals surface area contributed by atoms with E-state index in [4.69, 9.17) is 5.11 Å². The number of carboxylic acids is 1. The molecular weight excluding hydrogens is 678 g/mol. The Kier molecular flexibility index (Phi) is 27.7. The second-order valence-corrected chi connectivity index (χ2v) is 15.0. The maximum atomic E-state index is 12.1. The Balaban J connectivity index is 0. The molecule has 0 aromatic carbocycles. The monoisotopic (exact) mass is 746 g/mol. The molecule has 0 aliphatic rings. The highest BCUT2D eigenvalue weighted by molar-refractivity contribution is 7.19. The van der Waals surface area contributed by atoms with E-state index in [0.29, 0.717) is 5.16 Å². The fourth-order valence-electron chi connectivity index (χ4n) is 6.22. The van der Waals surface area contributed by atoms with Crippen LogP contribution in [0.3, 0.4) is 0 Å². The van der Waals surface area contributed by atoms with E-state index in [9.17, 15) is 44.3 Å². The number of carboxylic acid groups (broad SMARTS) is 1. The third kappa shape index (κ3) is 19.6. The van der Waals surface area contributed by atoms with E-state index in [1.54, 1.807) is 0 Å². The molecule has 2 atom stereocenters. The number of hydrogen-bond acceptors (Lipinski definition) is 1. The molecule has 12 heteroatoms. The number of rotatable bonds is 30. The van der Waals surface area contributed by atoms with Crippen LogP contribution in [0, 0.1) is 5.92 Å². The number of carbonyl (C=O) groups is 1. The maximum Gasteiger partial charge on any atom is 0.460 e. The van der Waals surface area contributed by atoms with Crippen molar-refractivity contribution in [3.05, 3.63) is 0 Å². The Bertz CT molecular complexity index is 795. The lowest BCUT2D eigenvalue weighted by molar-refractivity contribution is -0.390. The standard InChI is InChI=1S/C32H67P.C5HF9O2/c1-5-9-13-17-18-19-20-21-22-24-28-31(27-23-14-10-6-2)32(33,29-25-15-11-7-3)30-26-16-12-8-4;6-2(7,1(15)16)3(8,9)4(10,11)5(12,13)14/h31H,5-30,33H2,1-4H3;(H,15,16). The third-order valence-corrected chi connectivity index (χ3v) is 10.6. The van der Waals surface area contributed by atoms with Gasteiger partial charge in [-0.1, -0.05) is 169 Å². The summed E-state index contributed by atoms with van der Waals surface area (Å²) in [5.41, 5.74) is 0. The van der Waals surface area contributed by atoms with Gasteiger partial charge in [0.1, 0.15) is 0 Å². The fraction of sp³-hybridized carbons (Fsp3) is 0.973. The lowest BCUT2D eigenvalue weighted by atomic mass is 9.77. The van der Waals surface area contributed by atoms with Crippen LogP contribution in [0.1, 0.15) is 195 Å². The van der Waals surface area contributed by atoms with Crippen LogP contribution in [0.15, 0.2) is 0 Å². The van der Waals surface area contributed by atoms with Gasteiger partial charge in [0.05, 0.1) is 0 Å². The molecule has 0 bridgehead atoms. The van der Waals surface area contributed by atoms with Crippen LogP contribution in [0.25, 0.3) is 0 Å². The van der Waals surface area contributed by atoms with Crippen LogP contribution in [0.4, 0.5) is 39.5 Å². The van der Waals surface area contributed by atoms with Crippen LogP contribution in [0.5, 0.6) is 0 Å². The molecule has 49 heavy (non-hydrogen) atoms. The summed E-state index contributed by atoms with van der Waals surface area (Å²) in [6, 6.07) is 0. The van der Waals surface area contributed by atoms with Gasteiger partial charge in [-0.15, -0.1) is 9.24 Å². The molecular formula is C37H68F9O2P. The third-order valence-electron chi connectivity index (χ3n) is 9.53. The first kappa shape index (κ1) is 50.4. The molecule has 2 nitrogen and oxygen atoms in total. The summed E-state index contributed by atoms with van der Waals surface area (Å²) in [4.78, 5) is 9.51. The molecule has 0 radical (unpaired) electrons. The van der Waals surface area contributed by atoms with Crippen molar-refractivity contribution in [2.24, 2.45) is 5.92 Å². The van der Waals surface area contributed by atoms with Gasteiger partial charge in [-0.05, 0) is 36.8 Å². The minimum atomic E-state index is -7.16. The first-order valence-corrected chi connectivity index (χ1v) is 19.6. The Morgan fingerprint density at radius 1 is 0.490 bits per heavy atom. The van der Waals surface area contributed by atoms with Crippen molar-refractivity contribution in [1.29, 1.82) is 0 Å². The van der Waals surface area contributed by atoms with Crippen molar-refractivity contribution in [2.75, 3.05) is 0 Å². The molecule has 0 aromatic heterocycles. The van der Waals surface area contributed by atoms with Crippen molar-refractivity contribution >= 4 is 15.2 Å². The molecule has 0 spiro atoms. The molecule has 0 saturated heterocycles. The van der Waals surface area contributed by atoms with Gasteiger partial charge in [0.2, 0.25) is 0 Å².